The number of likely N-dealkylation sites (tertiary alicyclic amines) is 1. The van der Waals surface area contributed by atoms with Crippen molar-refractivity contribution in [2.75, 3.05) is 6.54 Å². The van der Waals surface area contributed by atoms with Gasteiger partial charge in [-0.15, -0.1) is 0 Å². The zero-order chi connectivity index (χ0) is 18.2. The van der Waals surface area contributed by atoms with Gasteiger partial charge in [-0.05, 0) is 45.2 Å². The van der Waals surface area contributed by atoms with Gasteiger partial charge in [-0.3, -0.25) is 9.69 Å². The molecular formula is C18H22N2O5. The van der Waals surface area contributed by atoms with Gasteiger partial charge < -0.3 is 9.57 Å². The zero-order valence-corrected chi connectivity index (χ0v) is 14.7. The molecule has 25 heavy (non-hydrogen) atoms. The van der Waals surface area contributed by atoms with Crippen molar-refractivity contribution in [3.05, 3.63) is 35.4 Å². The predicted octanol–water partition coefficient (Wildman–Crippen LogP) is 2.50. The zero-order valence-electron chi connectivity index (χ0n) is 14.7. The van der Waals surface area contributed by atoms with Crippen LogP contribution in [0.1, 0.15) is 49.5 Å². The second-order valence-electron chi connectivity index (χ2n) is 7.24. The van der Waals surface area contributed by atoms with Crippen molar-refractivity contribution in [3.63, 3.8) is 0 Å². The van der Waals surface area contributed by atoms with Gasteiger partial charge in [-0.1, -0.05) is 18.2 Å². The van der Waals surface area contributed by atoms with Crippen LogP contribution in [0.25, 0.3) is 0 Å². The predicted molar refractivity (Wildman–Crippen MR) is 88.4 cm³/mol. The summed E-state index contributed by atoms with van der Waals surface area (Å²) >= 11 is 0. The molecule has 0 aromatic heterocycles. The summed E-state index contributed by atoms with van der Waals surface area (Å²) in [6.45, 7) is 5.97. The summed E-state index contributed by atoms with van der Waals surface area (Å²) in [7, 11) is 0. The van der Waals surface area contributed by atoms with Crippen LogP contribution in [-0.2, 0) is 20.9 Å². The Kier molecular flexibility index (Phi) is 4.41. The summed E-state index contributed by atoms with van der Waals surface area (Å²) in [6.07, 6.45) is 0.642. The average Bonchev–Trinajstić information content (AvgIpc) is 3.12. The van der Waals surface area contributed by atoms with Crippen molar-refractivity contribution in [1.82, 2.24) is 9.96 Å². The molecule has 134 valence electrons. The van der Waals surface area contributed by atoms with E-state index >= 15 is 0 Å². The molecule has 0 aliphatic carbocycles. The lowest BCUT2D eigenvalue weighted by atomic mass is 10.1. The Morgan fingerprint density at radius 1 is 1.20 bits per heavy atom. The molecule has 0 radical (unpaired) electrons. The van der Waals surface area contributed by atoms with Crippen LogP contribution >= 0.6 is 0 Å². The number of rotatable bonds is 2. The Labute approximate surface area is 146 Å². The molecule has 1 aromatic carbocycles. The van der Waals surface area contributed by atoms with E-state index in [0.29, 0.717) is 24.9 Å². The minimum absolute atomic E-state index is 0.222. The topological polar surface area (TPSA) is 76.2 Å². The van der Waals surface area contributed by atoms with Gasteiger partial charge in [0.05, 0.1) is 6.54 Å². The lowest BCUT2D eigenvalue weighted by Gasteiger charge is -2.28. The van der Waals surface area contributed by atoms with E-state index in [1.165, 1.54) is 4.90 Å². The molecule has 0 spiro atoms. The van der Waals surface area contributed by atoms with E-state index in [1.807, 2.05) is 12.1 Å². The molecule has 0 N–H and O–H groups in total. The fraction of sp³-hybridized carbons (Fsp3) is 0.500. The van der Waals surface area contributed by atoms with Gasteiger partial charge in [0.2, 0.25) is 0 Å². The molecule has 2 aliphatic rings. The third kappa shape index (κ3) is 3.60. The van der Waals surface area contributed by atoms with Crippen LogP contribution in [0.4, 0.5) is 4.79 Å². The molecule has 2 heterocycles. The van der Waals surface area contributed by atoms with Crippen molar-refractivity contribution < 1.29 is 24.0 Å². The first kappa shape index (κ1) is 17.3. The van der Waals surface area contributed by atoms with Crippen molar-refractivity contribution >= 4 is 18.0 Å². The normalized spacial score (nSPS) is 19.8. The number of nitrogens with zero attached hydrogens (tertiary/aromatic N) is 2. The number of ether oxygens (including phenoxy) is 1. The number of fused-ring (bicyclic) bond motifs is 1. The number of hydrogen-bond donors (Lipinski definition) is 0. The highest BCUT2D eigenvalue weighted by molar-refractivity contribution is 5.98. The number of carbonyl (C=O) groups excluding carboxylic acids is 3. The van der Waals surface area contributed by atoms with Crippen molar-refractivity contribution in [1.29, 1.82) is 0 Å². The number of amides is 2. The quantitative estimate of drug-likeness (QED) is 0.822. The molecule has 0 saturated carbocycles. The summed E-state index contributed by atoms with van der Waals surface area (Å²) < 4.78 is 5.34. The highest BCUT2D eigenvalue weighted by atomic mass is 16.7. The van der Waals surface area contributed by atoms with Crippen molar-refractivity contribution in [2.45, 2.75) is 51.8 Å². The summed E-state index contributed by atoms with van der Waals surface area (Å²) in [5.74, 6) is -0.949. The Morgan fingerprint density at radius 2 is 1.92 bits per heavy atom. The highest BCUT2D eigenvalue weighted by Gasteiger charge is 2.40. The molecule has 0 bridgehead atoms. The van der Waals surface area contributed by atoms with Gasteiger partial charge in [0.25, 0.3) is 5.91 Å². The monoisotopic (exact) mass is 346 g/mol. The maximum Gasteiger partial charge on any atom is 0.411 e. The van der Waals surface area contributed by atoms with Gasteiger partial charge in [0.1, 0.15) is 11.6 Å². The van der Waals surface area contributed by atoms with E-state index in [-0.39, 0.29) is 12.5 Å². The largest absolute Gasteiger partial charge is 0.444 e. The van der Waals surface area contributed by atoms with Crippen LogP contribution in [0.2, 0.25) is 0 Å². The van der Waals surface area contributed by atoms with E-state index in [1.54, 1.807) is 32.9 Å². The smallest absolute Gasteiger partial charge is 0.411 e. The maximum atomic E-state index is 12.5. The van der Waals surface area contributed by atoms with E-state index in [2.05, 4.69) is 0 Å². The first-order chi connectivity index (χ1) is 11.8. The van der Waals surface area contributed by atoms with Gasteiger partial charge in [-0.2, -0.15) is 5.06 Å². The second kappa shape index (κ2) is 6.38. The molecular weight excluding hydrogens is 324 g/mol. The minimum atomic E-state index is -0.730. The Morgan fingerprint density at radius 3 is 2.60 bits per heavy atom. The molecule has 7 heteroatoms. The molecule has 1 aromatic rings. The highest BCUT2D eigenvalue weighted by Crippen LogP contribution is 2.26. The third-order valence-electron chi connectivity index (χ3n) is 4.14. The van der Waals surface area contributed by atoms with Gasteiger partial charge >= 0.3 is 12.1 Å². The van der Waals surface area contributed by atoms with Crippen LogP contribution in [-0.4, -0.2) is 46.1 Å². The molecule has 1 saturated heterocycles. The van der Waals surface area contributed by atoms with E-state index in [0.717, 1.165) is 10.6 Å². The van der Waals surface area contributed by atoms with Gasteiger partial charge in [-0.25, -0.2) is 9.59 Å². The second-order valence-corrected chi connectivity index (χ2v) is 7.24. The molecule has 1 fully saturated rings. The van der Waals surface area contributed by atoms with Crippen molar-refractivity contribution in [2.24, 2.45) is 0 Å². The molecule has 3 rings (SSSR count). The number of benzene rings is 1. The van der Waals surface area contributed by atoms with Crippen LogP contribution in [0.5, 0.6) is 0 Å². The fourth-order valence-electron chi connectivity index (χ4n) is 3.02. The van der Waals surface area contributed by atoms with Crippen molar-refractivity contribution in [3.8, 4) is 0 Å². The molecule has 2 amide bonds. The van der Waals surface area contributed by atoms with Crippen LogP contribution in [0, 0.1) is 0 Å². The SMILES string of the molecule is CC(C)(C)OC(=O)N1CCCC1C(=O)ON1Cc2ccccc2C1=O. The Bertz CT molecular complexity index is 710. The number of hydrogen-bond acceptors (Lipinski definition) is 5. The van der Waals surface area contributed by atoms with E-state index in [4.69, 9.17) is 9.57 Å². The Balaban J connectivity index is 1.65. The number of carbonyl (C=O) groups is 3. The van der Waals surface area contributed by atoms with Gasteiger partial charge in [0.15, 0.2) is 0 Å². The third-order valence-corrected chi connectivity index (χ3v) is 4.14. The Hall–Kier alpha value is -2.57. The first-order valence-corrected chi connectivity index (χ1v) is 8.37. The lowest BCUT2D eigenvalue weighted by molar-refractivity contribution is -0.183. The van der Waals surface area contributed by atoms with Crippen LogP contribution < -0.4 is 0 Å². The minimum Gasteiger partial charge on any atom is -0.444 e. The van der Waals surface area contributed by atoms with E-state index < -0.39 is 23.7 Å². The first-order valence-electron chi connectivity index (χ1n) is 8.37. The van der Waals surface area contributed by atoms with Crippen LogP contribution in [0.3, 0.4) is 0 Å². The maximum absolute atomic E-state index is 12.5. The lowest BCUT2D eigenvalue weighted by Crippen LogP contribution is -2.45. The molecule has 7 nitrogen and oxygen atoms in total. The molecule has 1 unspecified atom stereocenters. The van der Waals surface area contributed by atoms with E-state index in [9.17, 15) is 14.4 Å². The fourth-order valence-corrected chi connectivity index (χ4v) is 3.02. The number of hydroxylamine groups is 2. The van der Waals surface area contributed by atoms with Crippen LogP contribution in [0.15, 0.2) is 24.3 Å². The summed E-state index contributed by atoms with van der Waals surface area (Å²) in [5, 5.41) is 1.05. The summed E-state index contributed by atoms with van der Waals surface area (Å²) in [6, 6.07) is 6.39. The molecule has 1 atom stereocenters. The average molecular weight is 346 g/mol. The standard InChI is InChI=1S/C18H22N2O5/c1-18(2,3)24-17(23)19-10-6-9-14(19)16(22)25-20-11-12-7-4-5-8-13(12)15(20)21/h4-5,7-8,14H,6,9-11H2,1-3H3. The summed E-state index contributed by atoms with van der Waals surface area (Å²) in [5.41, 5.74) is 0.710. The summed E-state index contributed by atoms with van der Waals surface area (Å²) in [4.78, 5) is 43.7. The van der Waals surface area contributed by atoms with Gasteiger partial charge in [0, 0.05) is 12.1 Å². The molecule has 2 aliphatic heterocycles.